The van der Waals surface area contributed by atoms with Gasteiger partial charge in [0.15, 0.2) is 6.10 Å². The summed E-state index contributed by atoms with van der Waals surface area (Å²) in [5.74, 6) is -0.664. The third kappa shape index (κ3) is 4.12. The van der Waals surface area contributed by atoms with E-state index >= 15 is 0 Å². The van der Waals surface area contributed by atoms with Crippen molar-refractivity contribution in [2.75, 3.05) is 5.43 Å². The van der Waals surface area contributed by atoms with Gasteiger partial charge in [-0.15, -0.1) is 0 Å². The van der Waals surface area contributed by atoms with Gasteiger partial charge >= 0.3 is 0 Å². The fourth-order valence-corrected chi connectivity index (χ4v) is 2.26. The Kier molecular flexibility index (Phi) is 5.23. The summed E-state index contributed by atoms with van der Waals surface area (Å²) in [6, 6.07) is 12.9. The molecule has 2 rings (SSSR count). The van der Waals surface area contributed by atoms with E-state index in [2.05, 4.69) is 10.9 Å². The van der Waals surface area contributed by atoms with Crippen LogP contribution in [-0.2, 0) is 4.79 Å². The van der Waals surface area contributed by atoms with Gasteiger partial charge < -0.3 is 5.11 Å². The first-order valence-electron chi connectivity index (χ1n) is 6.19. The van der Waals surface area contributed by atoms with Crippen molar-refractivity contribution < 1.29 is 9.90 Å². The van der Waals surface area contributed by atoms with Crippen LogP contribution in [0.3, 0.4) is 0 Å². The second-order valence-electron chi connectivity index (χ2n) is 4.41. The van der Waals surface area contributed by atoms with Crippen LogP contribution in [0.1, 0.15) is 17.2 Å². The number of anilines is 1. The number of carbonyl (C=O) groups is 1. The zero-order chi connectivity index (χ0) is 16.1. The first-order valence-corrected chi connectivity index (χ1v) is 6.95. The number of hydrazine groups is 1. The van der Waals surface area contributed by atoms with Crippen molar-refractivity contribution in [1.29, 1.82) is 5.26 Å². The summed E-state index contributed by atoms with van der Waals surface area (Å²) in [7, 11) is 0. The van der Waals surface area contributed by atoms with Gasteiger partial charge in [0.2, 0.25) is 0 Å². The molecule has 1 atom stereocenters. The Bertz CT molecular complexity index is 706. The van der Waals surface area contributed by atoms with Crippen molar-refractivity contribution >= 4 is 34.8 Å². The van der Waals surface area contributed by atoms with Crippen LogP contribution in [0.2, 0.25) is 10.0 Å². The summed E-state index contributed by atoms with van der Waals surface area (Å²) in [6.07, 6.45) is -1.41. The first-order chi connectivity index (χ1) is 10.5. The molecule has 7 heteroatoms. The minimum Gasteiger partial charge on any atom is -0.378 e. The van der Waals surface area contributed by atoms with Crippen molar-refractivity contribution in [3.63, 3.8) is 0 Å². The first kappa shape index (κ1) is 16.1. The van der Waals surface area contributed by atoms with Gasteiger partial charge in [-0.1, -0.05) is 23.2 Å². The molecular weight excluding hydrogens is 325 g/mol. The molecule has 0 saturated carbocycles. The molecule has 0 fully saturated rings. The highest BCUT2D eigenvalue weighted by Gasteiger charge is 2.18. The van der Waals surface area contributed by atoms with Gasteiger partial charge in [0, 0.05) is 10.0 Å². The predicted molar refractivity (Wildman–Crippen MR) is 84.3 cm³/mol. The van der Waals surface area contributed by atoms with Crippen LogP contribution in [0.5, 0.6) is 0 Å². The highest BCUT2D eigenvalue weighted by molar-refractivity contribution is 6.34. The van der Waals surface area contributed by atoms with Crippen molar-refractivity contribution in [2.24, 2.45) is 0 Å². The number of hydrogen-bond acceptors (Lipinski definition) is 4. The Morgan fingerprint density at radius 3 is 2.27 bits per heavy atom. The van der Waals surface area contributed by atoms with Crippen LogP contribution in [0, 0.1) is 11.3 Å². The van der Waals surface area contributed by atoms with Crippen LogP contribution in [0.4, 0.5) is 5.69 Å². The molecule has 0 aliphatic rings. The van der Waals surface area contributed by atoms with Gasteiger partial charge in [-0.2, -0.15) is 5.26 Å². The number of aliphatic hydroxyl groups excluding tert-OH is 1. The molecule has 2 aromatic rings. The number of nitrogens with one attached hydrogen (secondary N) is 2. The normalized spacial score (nSPS) is 11.4. The minimum atomic E-state index is -1.41. The molecule has 2 aromatic carbocycles. The maximum Gasteiger partial charge on any atom is 0.271 e. The Balaban J connectivity index is 2.00. The van der Waals surface area contributed by atoms with Gasteiger partial charge in [0.25, 0.3) is 5.91 Å². The fraction of sp³-hybridized carbons (Fsp3) is 0.0667. The number of benzene rings is 2. The smallest absolute Gasteiger partial charge is 0.271 e. The molecule has 0 heterocycles. The van der Waals surface area contributed by atoms with Crippen LogP contribution < -0.4 is 10.9 Å². The number of nitrogens with zero attached hydrogens (tertiary/aromatic N) is 1. The molecule has 22 heavy (non-hydrogen) atoms. The van der Waals surface area contributed by atoms with E-state index in [0.29, 0.717) is 21.3 Å². The highest BCUT2D eigenvalue weighted by Crippen LogP contribution is 2.23. The minimum absolute atomic E-state index is 0.289. The molecule has 1 amide bonds. The monoisotopic (exact) mass is 335 g/mol. The van der Waals surface area contributed by atoms with Crippen molar-refractivity contribution in [3.05, 3.63) is 63.6 Å². The quantitative estimate of drug-likeness (QED) is 0.749. The SMILES string of the molecule is N#Cc1ccc(NNC(=O)C(O)c2cc(Cl)cc(Cl)c2)cc1. The molecule has 1 unspecified atom stereocenters. The maximum absolute atomic E-state index is 11.9. The number of rotatable bonds is 4. The Morgan fingerprint density at radius 2 is 1.73 bits per heavy atom. The Labute approximate surface area is 137 Å². The van der Waals surface area contributed by atoms with E-state index in [1.165, 1.54) is 18.2 Å². The van der Waals surface area contributed by atoms with Crippen LogP contribution in [0.15, 0.2) is 42.5 Å². The molecule has 112 valence electrons. The second kappa shape index (κ2) is 7.14. The molecule has 0 radical (unpaired) electrons. The summed E-state index contributed by atoms with van der Waals surface area (Å²) < 4.78 is 0. The second-order valence-corrected chi connectivity index (χ2v) is 5.28. The van der Waals surface area contributed by atoms with E-state index in [0.717, 1.165) is 0 Å². The number of hydrogen-bond donors (Lipinski definition) is 3. The predicted octanol–water partition coefficient (Wildman–Crippen LogP) is 3.04. The average Bonchev–Trinajstić information content (AvgIpc) is 2.51. The van der Waals surface area contributed by atoms with Crippen LogP contribution in [0.25, 0.3) is 0 Å². The molecule has 0 spiro atoms. The standard InChI is InChI=1S/C15H11Cl2N3O2/c16-11-5-10(6-12(17)7-11)14(21)15(22)20-19-13-3-1-9(8-18)2-4-13/h1-7,14,19,21H,(H,20,22). The lowest BCUT2D eigenvalue weighted by Crippen LogP contribution is -2.33. The van der Waals surface area contributed by atoms with Gasteiger partial charge in [0.05, 0.1) is 17.3 Å². The van der Waals surface area contributed by atoms with Crippen molar-refractivity contribution in [2.45, 2.75) is 6.10 Å². The summed E-state index contributed by atoms with van der Waals surface area (Å²) in [5, 5.41) is 19.3. The molecule has 0 aliphatic heterocycles. The Morgan fingerprint density at radius 1 is 1.14 bits per heavy atom. The van der Waals surface area contributed by atoms with Gasteiger partial charge in [0.1, 0.15) is 0 Å². The number of nitriles is 1. The molecular formula is C15H11Cl2N3O2. The number of aliphatic hydroxyl groups is 1. The number of halogens is 2. The lowest BCUT2D eigenvalue weighted by atomic mass is 10.1. The summed E-state index contributed by atoms with van der Waals surface area (Å²) in [5.41, 5.74) is 6.37. The van der Waals surface area contributed by atoms with E-state index in [1.807, 2.05) is 6.07 Å². The topological polar surface area (TPSA) is 85.2 Å². The maximum atomic E-state index is 11.9. The largest absolute Gasteiger partial charge is 0.378 e. The average molecular weight is 336 g/mol. The third-order valence-electron chi connectivity index (χ3n) is 2.79. The third-order valence-corrected chi connectivity index (χ3v) is 3.23. The number of amides is 1. The lowest BCUT2D eigenvalue weighted by Gasteiger charge is -2.14. The summed E-state index contributed by atoms with van der Waals surface area (Å²) in [6.45, 7) is 0. The van der Waals surface area contributed by atoms with Crippen molar-refractivity contribution in [3.8, 4) is 6.07 Å². The Hall–Kier alpha value is -2.26. The summed E-state index contributed by atoms with van der Waals surface area (Å²) >= 11 is 11.7. The van der Waals surface area contributed by atoms with E-state index in [9.17, 15) is 9.90 Å². The van der Waals surface area contributed by atoms with E-state index in [4.69, 9.17) is 28.5 Å². The van der Waals surface area contributed by atoms with E-state index < -0.39 is 12.0 Å². The highest BCUT2D eigenvalue weighted by atomic mass is 35.5. The van der Waals surface area contributed by atoms with Crippen molar-refractivity contribution in [1.82, 2.24) is 5.43 Å². The molecule has 0 aliphatic carbocycles. The van der Waals surface area contributed by atoms with E-state index in [-0.39, 0.29) is 5.56 Å². The molecule has 5 nitrogen and oxygen atoms in total. The van der Waals surface area contributed by atoms with Gasteiger partial charge in [-0.3, -0.25) is 15.6 Å². The molecule has 0 bridgehead atoms. The molecule has 3 N–H and O–H groups in total. The zero-order valence-electron chi connectivity index (χ0n) is 11.2. The number of carbonyl (C=O) groups excluding carboxylic acids is 1. The zero-order valence-corrected chi connectivity index (χ0v) is 12.7. The van der Waals surface area contributed by atoms with Gasteiger partial charge in [-0.05, 0) is 48.0 Å². The summed E-state index contributed by atoms with van der Waals surface area (Å²) in [4.78, 5) is 11.9. The van der Waals surface area contributed by atoms with Gasteiger partial charge in [-0.25, -0.2) is 0 Å². The molecule has 0 saturated heterocycles. The lowest BCUT2D eigenvalue weighted by molar-refractivity contribution is -0.129. The van der Waals surface area contributed by atoms with Crippen LogP contribution in [-0.4, -0.2) is 11.0 Å². The molecule has 0 aromatic heterocycles. The fourth-order valence-electron chi connectivity index (χ4n) is 1.71. The van der Waals surface area contributed by atoms with Crippen LogP contribution >= 0.6 is 23.2 Å². The van der Waals surface area contributed by atoms with E-state index in [1.54, 1.807) is 24.3 Å².